The molecule has 1 saturated carbocycles. The Kier molecular flexibility index (Phi) is 5.00. The van der Waals surface area contributed by atoms with Crippen molar-refractivity contribution in [3.63, 3.8) is 0 Å². The molecule has 0 aliphatic heterocycles. The lowest BCUT2D eigenvalue weighted by Gasteiger charge is -2.10. The molecule has 108 valence electrons. The van der Waals surface area contributed by atoms with Crippen LogP contribution in [0.1, 0.15) is 44.4 Å². The molecule has 1 fully saturated rings. The van der Waals surface area contributed by atoms with Crippen molar-refractivity contribution in [2.45, 2.75) is 62.4 Å². The van der Waals surface area contributed by atoms with Crippen molar-refractivity contribution in [3.05, 3.63) is 17.0 Å². The van der Waals surface area contributed by atoms with Crippen LogP contribution in [0.15, 0.2) is 16.3 Å². The van der Waals surface area contributed by atoms with Gasteiger partial charge in [0.05, 0.1) is 0 Å². The first-order valence-corrected chi connectivity index (χ1v) is 9.12. The van der Waals surface area contributed by atoms with Gasteiger partial charge in [0, 0.05) is 23.5 Å². The highest BCUT2D eigenvalue weighted by molar-refractivity contribution is 7.91. The van der Waals surface area contributed by atoms with Crippen LogP contribution < -0.4 is 10.0 Å². The van der Waals surface area contributed by atoms with E-state index in [1.54, 1.807) is 6.07 Å². The third-order valence-electron chi connectivity index (χ3n) is 3.26. The molecule has 1 aliphatic carbocycles. The molecule has 0 atom stereocenters. The molecule has 1 aromatic rings. The van der Waals surface area contributed by atoms with Gasteiger partial charge in [-0.1, -0.05) is 26.7 Å². The lowest BCUT2D eigenvalue weighted by atomic mass is 10.3. The van der Waals surface area contributed by atoms with Crippen LogP contribution in [0, 0.1) is 0 Å². The van der Waals surface area contributed by atoms with Crippen molar-refractivity contribution in [1.29, 1.82) is 0 Å². The first-order valence-electron chi connectivity index (χ1n) is 6.82. The summed E-state index contributed by atoms with van der Waals surface area (Å²) < 4.78 is 27.7. The summed E-state index contributed by atoms with van der Waals surface area (Å²) in [6.45, 7) is 4.88. The normalized spacial score (nSPS) is 17.4. The standard InChI is InChI=1S/C13H22N2O2S2/c1-10(2)14-9-12-7-8-13(18-12)19(16,17)15-11-5-3-4-6-11/h7-8,10-11,14-15H,3-6,9H2,1-2H3. The van der Waals surface area contributed by atoms with E-state index in [1.165, 1.54) is 11.3 Å². The highest BCUT2D eigenvalue weighted by Crippen LogP contribution is 2.24. The molecule has 0 spiro atoms. The SMILES string of the molecule is CC(C)NCc1ccc(S(=O)(=O)NC2CCCC2)s1. The molecule has 1 aromatic heterocycles. The van der Waals surface area contributed by atoms with Crippen molar-refractivity contribution in [1.82, 2.24) is 10.0 Å². The molecule has 0 radical (unpaired) electrons. The van der Waals surface area contributed by atoms with Gasteiger partial charge in [-0.2, -0.15) is 0 Å². The van der Waals surface area contributed by atoms with Crippen LogP contribution in [-0.4, -0.2) is 20.5 Å². The fourth-order valence-electron chi connectivity index (χ4n) is 2.22. The van der Waals surface area contributed by atoms with Crippen LogP contribution >= 0.6 is 11.3 Å². The molecule has 4 nitrogen and oxygen atoms in total. The molecule has 2 N–H and O–H groups in total. The molecule has 19 heavy (non-hydrogen) atoms. The van der Waals surface area contributed by atoms with E-state index in [0.29, 0.717) is 10.3 Å². The minimum atomic E-state index is -3.32. The van der Waals surface area contributed by atoms with Gasteiger partial charge in [-0.15, -0.1) is 11.3 Å². The summed E-state index contributed by atoms with van der Waals surface area (Å²) >= 11 is 1.35. The number of nitrogens with one attached hydrogen (secondary N) is 2. The summed E-state index contributed by atoms with van der Waals surface area (Å²) in [5.74, 6) is 0. The molecule has 0 amide bonds. The average Bonchev–Trinajstić information content (AvgIpc) is 2.96. The lowest BCUT2D eigenvalue weighted by Crippen LogP contribution is -2.32. The van der Waals surface area contributed by atoms with Crippen molar-refractivity contribution >= 4 is 21.4 Å². The first-order chi connectivity index (χ1) is 8.97. The van der Waals surface area contributed by atoms with Crippen molar-refractivity contribution < 1.29 is 8.42 Å². The molecule has 6 heteroatoms. The van der Waals surface area contributed by atoms with Crippen molar-refractivity contribution in [3.8, 4) is 0 Å². The van der Waals surface area contributed by atoms with Gasteiger partial charge in [0.1, 0.15) is 4.21 Å². The summed E-state index contributed by atoms with van der Waals surface area (Å²) in [6, 6.07) is 4.13. The molecule has 2 rings (SSSR count). The maximum absolute atomic E-state index is 12.2. The van der Waals surface area contributed by atoms with Gasteiger partial charge < -0.3 is 5.32 Å². The number of sulfonamides is 1. The predicted octanol–water partition coefficient (Wildman–Crippen LogP) is 2.47. The van der Waals surface area contributed by atoms with E-state index in [0.717, 1.165) is 37.1 Å². The third kappa shape index (κ3) is 4.27. The minimum Gasteiger partial charge on any atom is -0.310 e. The zero-order valence-electron chi connectivity index (χ0n) is 11.5. The van der Waals surface area contributed by atoms with Gasteiger partial charge in [-0.25, -0.2) is 13.1 Å². The van der Waals surface area contributed by atoms with Crippen molar-refractivity contribution in [2.24, 2.45) is 0 Å². The second-order valence-electron chi connectivity index (χ2n) is 5.36. The molecular weight excluding hydrogens is 280 g/mol. The maximum Gasteiger partial charge on any atom is 0.250 e. The Labute approximate surface area is 119 Å². The number of hydrogen-bond donors (Lipinski definition) is 2. The first kappa shape index (κ1) is 15.0. The number of thiophene rings is 1. The summed E-state index contributed by atoms with van der Waals surface area (Å²) in [6.07, 6.45) is 4.18. The molecule has 0 aromatic carbocycles. The molecule has 0 bridgehead atoms. The van der Waals surface area contributed by atoms with Crippen LogP contribution in [0.25, 0.3) is 0 Å². The average molecular weight is 302 g/mol. The Hall–Kier alpha value is -0.430. The molecule has 1 heterocycles. The van der Waals surface area contributed by atoms with Gasteiger partial charge in [0.2, 0.25) is 10.0 Å². The van der Waals surface area contributed by atoms with Gasteiger partial charge in [0.15, 0.2) is 0 Å². The van der Waals surface area contributed by atoms with Crippen LogP contribution in [0.2, 0.25) is 0 Å². The Morgan fingerprint density at radius 2 is 2.00 bits per heavy atom. The van der Waals surface area contributed by atoms with E-state index in [-0.39, 0.29) is 6.04 Å². The Balaban J connectivity index is 1.99. The van der Waals surface area contributed by atoms with E-state index >= 15 is 0 Å². The maximum atomic E-state index is 12.2. The second kappa shape index (κ2) is 6.35. The summed E-state index contributed by atoms with van der Waals surface area (Å²) in [7, 11) is -3.32. The zero-order chi connectivity index (χ0) is 13.9. The molecule has 0 unspecified atom stereocenters. The molecular formula is C13H22N2O2S2. The monoisotopic (exact) mass is 302 g/mol. The van der Waals surface area contributed by atoms with E-state index in [2.05, 4.69) is 23.9 Å². The summed E-state index contributed by atoms with van der Waals surface area (Å²) in [5, 5.41) is 3.29. The number of rotatable bonds is 6. The van der Waals surface area contributed by atoms with E-state index in [9.17, 15) is 8.42 Å². The Bertz CT molecular complexity index is 502. The summed E-state index contributed by atoms with van der Waals surface area (Å²) in [5.41, 5.74) is 0. The predicted molar refractivity (Wildman–Crippen MR) is 78.9 cm³/mol. The van der Waals surface area contributed by atoms with Crippen LogP contribution in [0.5, 0.6) is 0 Å². The number of hydrogen-bond acceptors (Lipinski definition) is 4. The Morgan fingerprint density at radius 1 is 1.32 bits per heavy atom. The van der Waals surface area contributed by atoms with E-state index < -0.39 is 10.0 Å². The Morgan fingerprint density at radius 3 is 2.63 bits per heavy atom. The quantitative estimate of drug-likeness (QED) is 0.848. The van der Waals surface area contributed by atoms with Gasteiger partial charge in [0.25, 0.3) is 0 Å². The topological polar surface area (TPSA) is 58.2 Å². The zero-order valence-corrected chi connectivity index (χ0v) is 13.1. The van der Waals surface area contributed by atoms with Crippen LogP contribution in [0.3, 0.4) is 0 Å². The fraction of sp³-hybridized carbons (Fsp3) is 0.692. The largest absolute Gasteiger partial charge is 0.310 e. The molecule has 0 saturated heterocycles. The van der Waals surface area contributed by atoms with E-state index in [1.807, 2.05) is 6.07 Å². The van der Waals surface area contributed by atoms with Gasteiger partial charge >= 0.3 is 0 Å². The highest BCUT2D eigenvalue weighted by Gasteiger charge is 2.24. The lowest BCUT2D eigenvalue weighted by molar-refractivity contribution is 0.554. The third-order valence-corrected chi connectivity index (χ3v) is 6.36. The van der Waals surface area contributed by atoms with Crippen LogP contribution in [-0.2, 0) is 16.6 Å². The summed E-state index contributed by atoms with van der Waals surface area (Å²) in [4.78, 5) is 1.06. The smallest absolute Gasteiger partial charge is 0.250 e. The molecule has 1 aliphatic rings. The van der Waals surface area contributed by atoms with Gasteiger partial charge in [-0.3, -0.25) is 0 Å². The highest BCUT2D eigenvalue weighted by atomic mass is 32.2. The van der Waals surface area contributed by atoms with Gasteiger partial charge in [-0.05, 0) is 25.0 Å². The van der Waals surface area contributed by atoms with Crippen molar-refractivity contribution in [2.75, 3.05) is 0 Å². The van der Waals surface area contributed by atoms with Crippen LogP contribution in [0.4, 0.5) is 0 Å². The minimum absolute atomic E-state index is 0.129. The fourth-order valence-corrected chi connectivity index (χ4v) is 4.85. The van der Waals surface area contributed by atoms with E-state index in [4.69, 9.17) is 0 Å². The second-order valence-corrected chi connectivity index (χ2v) is 8.47.